The van der Waals surface area contributed by atoms with Gasteiger partial charge in [0.1, 0.15) is 24.4 Å². The van der Waals surface area contributed by atoms with Gasteiger partial charge in [0.15, 0.2) is 6.29 Å². The van der Waals surface area contributed by atoms with Gasteiger partial charge in [-0.15, -0.1) is 0 Å². The Morgan fingerprint density at radius 1 is 0.398 bits per heavy atom. The fraction of sp³-hybridized carbons (Fsp3) is 0.684. The van der Waals surface area contributed by atoms with Gasteiger partial charge in [-0.05, 0) is 116 Å². The largest absolute Gasteiger partial charge is 0.394 e. The number of allylic oxidation sites excluding steroid dienone is 23. The van der Waals surface area contributed by atoms with Gasteiger partial charge in [0.2, 0.25) is 5.91 Å². The summed E-state index contributed by atoms with van der Waals surface area (Å²) >= 11 is 0. The van der Waals surface area contributed by atoms with E-state index in [-0.39, 0.29) is 12.5 Å². The summed E-state index contributed by atoms with van der Waals surface area (Å²) in [7, 11) is 0. The molecule has 0 aromatic heterocycles. The maximum atomic E-state index is 13.1. The van der Waals surface area contributed by atoms with Crippen LogP contribution in [0.15, 0.2) is 146 Å². The van der Waals surface area contributed by atoms with E-state index in [1.807, 2.05) is 6.08 Å². The number of carbonyl (C=O) groups excluding carboxylic acids is 1. The molecule has 1 amide bonds. The molecule has 0 radical (unpaired) electrons. The summed E-state index contributed by atoms with van der Waals surface area (Å²) in [5.41, 5.74) is 0. The van der Waals surface area contributed by atoms with Crippen LogP contribution in [0.5, 0.6) is 0 Å². The monoisotopic (exact) mass is 1220 g/mol. The SMILES string of the molecule is CC/C=C\C/C=C\C/C=C\C/C=C\C/C=C\C/C=C\C/C=C\C/C=C\C/C=C\CCCCCCCCCC(=O)NC(COC1OC(CO)C(O)C(O)C1O)C(O)/C=C/CC/C=C/CC/C=C/CCCCCCCCCCCCCCCCCCCCCC. The number of hydrogen-bond donors (Lipinski definition) is 6. The van der Waals surface area contributed by atoms with Gasteiger partial charge in [0, 0.05) is 6.42 Å². The Kier molecular flexibility index (Phi) is 61.6. The highest BCUT2D eigenvalue weighted by Crippen LogP contribution is 2.23. The van der Waals surface area contributed by atoms with Crippen molar-refractivity contribution < 1.29 is 39.8 Å². The van der Waals surface area contributed by atoms with E-state index in [4.69, 9.17) is 9.47 Å². The third-order valence-electron chi connectivity index (χ3n) is 16.1. The molecule has 0 aliphatic carbocycles. The lowest BCUT2D eigenvalue weighted by molar-refractivity contribution is -0.302. The van der Waals surface area contributed by atoms with Crippen molar-refractivity contribution in [3.8, 4) is 0 Å². The van der Waals surface area contributed by atoms with Gasteiger partial charge in [-0.1, -0.05) is 314 Å². The van der Waals surface area contributed by atoms with E-state index >= 15 is 0 Å². The van der Waals surface area contributed by atoms with Gasteiger partial charge >= 0.3 is 0 Å². The van der Waals surface area contributed by atoms with Crippen molar-refractivity contribution in [3.05, 3.63) is 146 Å². The number of aliphatic hydroxyl groups excluding tert-OH is 5. The van der Waals surface area contributed by atoms with E-state index < -0.39 is 49.5 Å². The molecule has 7 atom stereocenters. The first-order valence-corrected chi connectivity index (χ1v) is 36.1. The Hall–Kier alpha value is -3.93. The molecule has 1 aliphatic heterocycles. The molecule has 9 heteroatoms. The summed E-state index contributed by atoms with van der Waals surface area (Å²) in [4.78, 5) is 13.1. The van der Waals surface area contributed by atoms with E-state index in [0.29, 0.717) is 6.42 Å². The van der Waals surface area contributed by atoms with Crippen molar-refractivity contribution in [3.63, 3.8) is 0 Å². The molecule has 9 nitrogen and oxygen atoms in total. The first kappa shape index (κ1) is 82.1. The fourth-order valence-electron chi connectivity index (χ4n) is 10.5. The molecule has 1 heterocycles. The van der Waals surface area contributed by atoms with Crippen LogP contribution in [0.25, 0.3) is 0 Å². The lowest BCUT2D eigenvalue weighted by Gasteiger charge is -2.40. The second-order valence-corrected chi connectivity index (χ2v) is 24.3. The maximum Gasteiger partial charge on any atom is 0.220 e. The van der Waals surface area contributed by atoms with Crippen LogP contribution in [0.1, 0.15) is 290 Å². The molecular weight excluding hydrogens is 1090 g/mol. The second-order valence-electron chi connectivity index (χ2n) is 24.3. The van der Waals surface area contributed by atoms with Crippen molar-refractivity contribution in [1.82, 2.24) is 5.32 Å². The summed E-state index contributed by atoms with van der Waals surface area (Å²) in [5, 5.41) is 54.8. The van der Waals surface area contributed by atoms with Crippen LogP contribution in [-0.2, 0) is 14.3 Å². The third kappa shape index (κ3) is 53.9. The normalized spacial score (nSPS) is 18.8. The quantitative estimate of drug-likeness (QED) is 0.0261. The Morgan fingerprint density at radius 2 is 0.716 bits per heavy atom. The summed E-state index contributed by atoms with van der Waals surface area (Å²) in [6, 6.07) is -0.848. The number of ether oxygens (including phenoxy) is 2. The van der Waals surface area contributed by atoms with Gasteiger partial charge < -0.3 is 40.3 Å². The molecule has 1 aliphatic rings. The number of nitrogens with one attached hydrogen (secondary N) is 1. The minimum absolute atomic E-state index is 0.206. The van der Waals surface area contributed by atoms with Crippen LogP contribution in [0, 0.1) is 0 Å². The van der Waals surface area contributed by atoms with Crippen molar-refractivity contribution >= 4 is 5.91 Å². The Balaban J connectivity index is 2.20. The van der Waals surface area contributed by atoms with Crippen LogP contribution in [0.4, 0.5) is 0 Å². The minimum atomic E-state index is -1.59. The Morgan fingerprint density at radius 3 is 1.09 bits per heavy atom. The molecule has 1 fully saturated rings. The third-order valence-corrected chi connectivity index (χ3v) is 16.1. The number of rotatable bonds is 61. The van der Waals surface area contributed by atoms with Crippen molar-refractivity contribution in [2.45, 2.75) is 333 Å². The number of hydrogen-bond acceptors (Lipinski definition) is 8. The van der Waals surface area contributed by atoms with Crippen LogP contribution in [-0.4, -0.2) is 87.5 Å². The molecule has 6 N–H and O–H groups in total. The zero-order valence-corrected chi connectivity index (χ0v) is 56.2. The smallest absolute Gasteiger partial charge is 0.220 e. The average molecular weight is 1220 g/mol. The van der Waals surface area contributed by atoms with E-state index in [1.165, 1.54) is 148 Å². The molecule has 0 aromatic carbocycles. The predicted octanol–water partition coefficient (Wildman–Crippen LogP) is 20.1. The molecule has 0 saturated carbocycles. The maximum absolute atomic E-state index is 13.1. The summed E-state index contributed by atoms with van der Waals surface area (Å²) in [5.74, 6) is -0.206. The standard InChI is InChI=1S/C79H133NO8/c1-3-5-7-9-11-13-15-17-19-21-23-25-27-29-31-33-35-36-37-38-39-41-43-45-47-49-51-53-55-57-59-61-63-65-67-69-75(83)80-72(71-87-79-78(86)77(85)76(84)74(70-81)88-79)73(82)68-66-64-62-60-58-56-54-52-50-48-46-44-42-40-34-32-30-28-26-24-22-20-18-16-14-12-10-8-6-4-2/h5,7,11,13,17,19,23,25,29,31,35-36,38-39,43,45,49-52,58,60,66,68,72-74,76-79,81-82,84-86H,3-4,6,8-10,12,14-16,18,20-22,24,26-28,30,32-34,37,40-42,44,46-48,53-57,59,61-65,67,69-71H2,1-2H3,(H,80,83)/b7-5-,13-11-,19-17-,25-23-,31-29-,36-35-,39-38-,45-43-,51-49-,52-50+,60-58+,68-66+. The van der Waals surface area contributed by atoms with Gasteiger partial charge in [0.05, 0.1) is 25.4 Å². The van der Waals surface area contributed by atoms with Crippen LogP contribution < -0.4 is 5.32 Å². The molecule has 0 spiro atoms. The first-order chi connectivity index (χ1) is 43.3. The number of unbranched alkanes of at least 4 members (excludes halogenated alkanes) is 29. The number of amides is 1. The highest BCUT2D eigenvalue weighted by Gasteiger charge is 2.44. The van der Waals surface area contributed by atoms with E-state index in [2.05, 4.69) is 153 Å². The molecule has 1 saturated heterocycles. The van der Waals surface area contributed by atoms with Crippen LogP contribution in [0.2, 0.25) is 0 Å². The summed E-state index contributed by atoms with van der Waals surface area (Å²) in [6.45, 7) is 3.65. The summed E-state index contributed by atoms with van der Waals surface area (Å²) < 4.78 is 11.3. The van der Waals surface area contributed by atoms with Gasteiger partial charge in [0.25, 0.3) is 0 Å². The fourth-order valence-corrected chi connectivity index (χ4v) is 10.5. The summed E-state index contributed by atoms with van der Waals surface area (Å²) in [6.07, 6.45) is 95.2. The van der Waals surface area contributed by atoms with Crippen molar-refractivity contribution in [1.29, 1.82) is 0 Å². The van der Waals surface area contributed by atoms with E-state index in [9.17, 15) is 30.3 Å². The topological polar surface area (TPSA) is 149 Å². The average Bonchev–Trinajstić information content (AvgIpc) is 3.65. The van der Waals surface area contributed by atoms with Crippen LogP contribution in [0.3, 0.4) is 0 Å². The zero-order valence-electron chi connectivity index (χ0n) is 56.2. The van der Waals surface area contributed by atoms with E-state index in [1.54, 1.807) is 6.08 Å². The van der Waals surface area contributed by atoms with E-state index in [0.717, 1.165) is 122 Å². The molecule has 88 heavy (non-hydrogen) atoms. The van der Waals surface area contributed by atoms with Crippen LogP contribution >= 0.6 is 0 Å². The Bertz CT molecular complexity index is 1900. The first-order valence-electron chi connectivity index (χ1n) is 36.1. The molecular formula is C79H133NO8. The van der Waals surface area contributed by atoms with Gasteiger partial charge in [-0.25, -0.2) is 0 Å². The highest BCUT2D eigenvalue weighted by atomic mass is 16.7. The van der Waals surface area contributed by atoms with Gasteiger partial charge in [-0.2, -0.15) is 0 Å². The van der Waals surface area contributed by atoms with Crippen molar-refractivity contribution in [2.75, 3.05) is 13.2 Å². The lowest BCUT2D eigenvalue weighted by atomic mass is 9.99. The Labute approximate surface area is 540 Å². The number of carbonyl (C=O) groups is 1. The van der Waals surface area contributed by atoms with Gasteiger partial charge in [-0.3, -0.25) is 4.79 Å². The predicted molar refractivity (Wildman–Crippen MR) is 377 cm³/mol. The molecule has 7 unspecified atom stereocenters. The zero-order chi connectivity index (χ0) is 63.5. The number of aliphatic hydroxyl groups is 5. The lowest BCUT2D eigenvalue weighted by Crippen LogP contribution is -2.60. The van der Waals surface area contributed by atoms with Crippen molar-refractivity contribution in [2.24, 2.45) is 0 Å². The molecule has 0 bridgehead atoms. The molecule has 502 valence electrons. The minimum Gasteiger partial charge on any atom is -0.394 e. The highest BCUT2D eigenvalue weighted by molar-refractivity contribution is 5.76. The molecule has 1 rings (SSSR count). The molecule has 0 aromatic rings. The second kappa shape index (κ2) is 66.0.